The summed E-state index contributed by atoms with van der Waals surface area (Å²) in [6, 6.07) is 8.82. The topological polar surface area (TPSA) is 15.8 Å². The van der Waals surface area contributed by atoms with Gasteiger partial charge in [-0.15, -0.1) is 22.7 Å². The van der Waals surface area contributed by atoms with Gasteiger partial charge in [-0.25, -0.2) is 0 Å². The summed E-state index contributed by atoms with van der Waals surface area (Å²) in [6.07, 6.45) is 4.16. The van der Waals surface area contributed by atoms with Crippen molar-refractivity contribution >= 4 is 22.7 Å². The van der Waals surface area contributed by atoms with Gasteiger partial charge in [-0.05, 0) is 65.1 Å². The van der Waals surface area contributed by atoms with Crippen molar-refractivity contribution in [2.24, 2.45) is 0 Å². The average Bonchev–Trinajstić information content (AvgIpc) is 3.23. The number of hydrogen-bond donors (Lipinski definition) is 1. The molecule has 3 heterocycles. The Bertz CT molecular complexity index is 687. The van der Waals surface area contributed by atoms with Crippen LogP contribution < -0.4 is 0 Å². The van der Waals surface area contributed by atoms with Crippen molar-refractivity contribution in [3.8, 4) is 21.1 Å². The first-order chi connectivity index (χ1) is 9.92. The van der Waals surface area contributed by atoms with E-state index < -0.39 is 0 Å². The normalized spacial score (nSPS) is 23.4. The molecule has 2 aliphatic carbocycles. The zero-order valence-electron chi connectivity index (χ0n) is 11.1. The second-order valence-corrected chi connectivity index (χ2v) is 7.76. The van der Waals surface area contributed by atoms with Crippen LogP contribution in [-0.4, -0.2) is 4.98 Å². The number of hydrogen-bond acceptors (Lipinski definition) is 2. The highest BCUT2D eigenvalue weighted by molar-refractivity contribution is 7.14. The van der Waals surface area contributed by atoms with Crippen LogP contribution in [0, 0.1) is 0 Å². The predicted molar refractivity (Wildman–Crippen MR) is 86.8 cm³/mol. The first kappa shape index (κ1) is 11.4. The molecule has 3 aromatic rings. The van der Waals surface area contributed by atoms with Crippen LogP contribution in [-0.2, 0) is 0 Å². The maximum Gasteiger partial charge on any atom is 0.0598 e. The molecule has 1 nitrogen and oxygen atoms in total. The van der Waals surface area contributed by atoms with Crippen LogP contribution in [0.3, 0.4) is 0 Å². The van der Waals surface area contributed by atoms with Gasteiger partial charge in [0.25, 0.3) is 0 Å². The zero-order valence-corrected chi connectivity index (χ0v) is 12.7. The Hall–Kier alpha value is -1.32. The molecule has 0 saturated heterocycles. The molecule has 20 heavy (non-hydrogen) atoms. The van der Waals surface area contributed by atoms with Crippen LogP contribution in [0.15, 0.2) is 35.0 Å². The highest BCUT2D eigenvalue weighted by atomic mass is 32.1. The van der Waals surface area contributed by atoms with Gasteiger partial charge in [0.15, 0.2) is 0 Å². The van der Waals surface area contributed by atoms with E-state index in [0.717, 1.165) is 11.8 Å². The summed E-state index contributed by atoms with van der Waals surface area (Å²) in [6.45, 7) is 0. The molecule has 5 rings (SSSR count). The van der Waals surface area contributed by atoms with Crippen LogP contribution in [0.25, 0.3) is 21.1 Å². The van der Waals surface area contributed by atoms with Crippen LogP contribution in [0.1, 0.15) is 42.2 Å². The quantitative estimate of drug-likeness (QED) is 0.612. The summed E-state index contributed by atoms with van der Waals surface area (Å²) >= 11 is 3.70. The predicted octanol–water partition coefficient (Wildman–Crippen LogP) is 5.84. The lowest BCUT2D eigenvalue weighted by atomic mass is 9.91. The number of aromatic nitrogens is 1. The number of thiophene rings is 2. The molecule has 2 aliphatic rings. The maximum absolute atomic E-state index is 3.78. The first-order valence-corrected chi connectivity index (χ1v) is 9.01. The van der Waals surface area contributed by atoms with E-state index in [0.29, 0.717) is 0 Å². The molecule has 3 heteroatoms. The smallest absolute Gasteiger partial charge is 0.0598 e. The van der Waals surface area contributed by atoms with Crippen molar-refractivity contribution in [2.45, 2.75) is 31.1 Å². The van der Waals surface area contributed by atoms with Gasteiger partial charge in [-0.1, -0.05) is 12.1 Å². The summed E-state index contributed by atoms with van der Waals surface area (Å²) in [7, 11) is 0. The molecule has 1 saturated carbocycles. The third-order valence-electron chi connectivity index (χ3n) is 4.86. The van der Waals surface area contributed by atoms with Crippen molar-refractivity contribution in [1.29, 1.82) is 0 Å². The molecule has 2 unspecified atom stereocenters. The highest BCUT2D eigenvalue weighted by Gasteiger charge is 2.42. The monoisotopic (exact) mass is 297 g/mol. The molecule has 0 amide bonds. The largest absolute Gasteiger partial charge is 0.353 e. The fourth-order valence-corrected chi connectivity index (χ4v) is 5.59. The summed E-state index contributed by atoms with van der Waals surface area (Å²) in [5.74, 6) is 1.61. The molecule has 100 valence electrons. The van der Waals surface area contributed by atoms with E-state index in [1.54, 1.807) is 11.1 Å². The highest BCUT2D eigenvalue weighted by Crippen LogP contribution is 2.59. The Morgan fingerprint density at radius 3 is 1.85 bits per heavy atom. The molecular formula is C17H15NS2. The average molecular weight is 297 g/mol. The second kappa shape index (κ2) is 4.09. The minimum Gasteiger partial charge on any atom is -0.353 e. The Kier molecular flexibility index (Phi) is 2.32. The van der Waals surface area contributed by atoms with E-state index in [9.17, 15) is 0 Å². The van der Waals surface area contributed by atoms with Gasteiger partial charge in [0.2, 0.25) is 0 Å². The lowest BCUT2D eigenvalue weighted by Gasteiger charge is -2.12. The summed E-state index contributed by atoms with van der Waals surface area (Å²) in [5, 5.41) is 4.36. The number of H-pyrrole nitrogens is 1. The number of fused-ring (bicyclic) bond motifs is 5. The van der Waals surface area contributed by atoms with E-state index in [-0.39, 0.29) is 0 Å². The molecule has 0 aromatic carbocycles. The van der Waals surface area contributed by atoms with Crippen LogP contribution in [0.4, 0.5) is 0 Å². The van der Waals surface area contributed by atoms with E-state index in [1.807, 2.05) is 22.7 Å². The van der Waals surface area contributed by atoms with Gasteiger partial charge in [0, 0.05) is 0 Å². The van der Waals surface area contributed by atoms with Gasteiger partial charge in [-0.3, -0.25) is 0 Å². The molecule has 2 bridgehead atoms. The maximum atomic E-state index is 3.78. The molecule has 0 radical (unpaired) electrons. The molecule has 1 fully saturated rings. The van der Waals surface area contributed by atoms with Gasteiger partial charge in [0.1, 0.15) is 0 Å². The third-order valence-corrected chi connectivity index (χ3v) is 6.64. The molecule has 2 atom stereocenters. The molecule has 0 aliphatic heterocycles. The van der Waals surface area contributed by atoms with Crippen molar-refractivity contribution in [2.75, 3.05) is 0 Å². The van der Waals surface area contributed by atoms with E-state index >= 15 is 0 Å². The Morgan fingerprint density at radius 2 is 1.40 bits per heavy atom. The van der Waals surface area contributed by atoms with Crippen molar-refractivity contribution in [3.63, 3.8) is 0 Å². The van der Waals surface area contributed by atoms with Crippen molar-refractivity contribution in [3.05, 3.63) is 46.2 Å². The summed E-state index contributed by atoms with van der Waals surface area (Å²) in [5.41, 5.74) is 6.11. The third kappa shape index (κ3) is 1.42. The van der Waals surface area contributed by atoms with Gasteiger partial charge >= 0.3 is 0 Å². The number of aromatic amines is 1. The minimum absolute atomic E-state index is 0.803. The van der Waals surface area contributed by atoms with Crippen molar-refractivity contribution in [1.82, 2.24) is 4.98 Å². The first-order valence-electron chi connectivity index (χ1n) is 7.25. The Labute approximate surface area is 126 Å². The molecule has 1 N–H and O–H groups in total. The minimum atomic E-state index is 0.803. The Morgan fingerprint density at radius 1 is 0.850 bits per heavy atom. The zero-order chi connectivity index (χ0) is 13.1. The van der Waals surface area contributed by atoms with Crippen LogP contribution in [0.5, 0.6) is 0 Å². The molecular weight excluding hydrogens is 282 g/mol. The van der Waals surface area contributed by atoms with Crippen molar-refractivity contribution < 1.29 is 0 Å². The standard InChI is InChI=1S/C17H15NS2/c1-3-12(19-7-1)16-14-10-5-6-11(9-10)15(14)17(18-16)13-4-2-8-20-13/h1-4,7-8,10-11,18H,5-6,9H2. The fraction of sp³-hybridized carbons (Fsp3) is 0.294. The van der Waals surface area contributed by atoms with E-state index in [2.05, 4.69) is 40.0 Å². The van der Waals surface area contributed by atoms with E-state index in [4.69, 9.17) is 0 Å². The van der Waals surface area contributed by atoms with Gasteiger partial charge in [-0.2, -0.15) is 0 Å². The number of nitrogens with one attached hydrogen (secondary N) is 1. The van der Waals surface area contributed by atoms with Gasteiger partial charge < -0.3 is 4.98 Å². The van der Waals surface area contributed by atoms with Crippen LogP contribution >= 0.6 is 22.7 Å². The number of rotatable bonds is 2. The Balaban J connectivity index is 1.79. The lowest BCUT2D eigenvalue weighted by Crippen LogP contribution is -1.95. The summed E-state index contributed by atoms with van der Waals surface area (Å²) in [4.78, 5) is 6.58. The lowest BCUT2D eigenvalue weighted by molar-refractivity contribution is 0.724. The fourth-order valence-electron chi connectivity index (χ4n) is 4.11. The van der Waals surface area contributed by atoms with E-state index in [1.165, 1.54) is 40.4 Å². The molecule has 3 aromatic heterocycles. The molecule has 0 spiro atoms. The van der Waals surface area contributed by atoms with Crippen LogP contribution in [0.2, 0.25) is 0 Å². The summed E-state index contributed by atoms with van der Waals surface area (Å²) < 4.78 is 0. The van der Waals surface area contributed by atoms with Gasteiger partial charge in [0.05, 0.1) is 21.1 Å². The second-order valence-electron chi connectivity index (χ2n) is 5.86. The SMILES string of the molecule is c1csc(-c2[nH]c(-c3cccs3)c3c2C2CCC3C2)c1.